The second-order valence-electron chi connectivity index (χ2n) is 9.55. The van der Waals surface area contributed by atoms with Crippen LogP contribution in [0.15, 0.2) is 0 Å². The van der Waals surface area contributed by atoms with Crippen LogP contribution in [0.5, 0.6) is 0 Å². The van der Waals surface area contributed by atoms with Gasteiger partial charge in [0.1, 0.15) is 0 Å². The molecule has 0 amide bonds. The molecule has 2 unspecified atom stereocenters. The third-order valence-electron chi connectivity index (χ3n) is 6.91. The van der Waals surface area contributed by atoms with Gasteiger partial charge in [0.25, 0.3) is 0 Å². The molecule has 0 radical (unpaired) electrons. The molecule has 0 fully saturated rings. The largest absolute Gasteiger partial charge is 0.415 e. The first-order valence-corrected chi connectivity index (χ1v) is 21.3. The lowest BCUT2D eigenvalue weighted by molar-refractivity contribution is 0.125. The molecule has 10 heteroatoms. The fraction of sp³-hybridized carbons (Fsp3) is 1.00. The van der Waals surface area contributed by atoms with E-state index in [0.717, 1.165) is 94.6 Å². The van der Waals surface area contributed by atoms with E-state index < -0.39 is 25.7 Å². The van der Waals surface area contributed by atoms with Crippen LogP contribution in [0.3, 0.4) is 0 Å². The minimum Gasteiger partial charge on any atom is -0.415 e. The normalized spacial score (nSPS) is 17.0. The van der Waals surface area contributed by atoms with Gasteiger partial charge in [-0.3, -0.25) is 0 Å². The lowest BCUT2D eigenvalue weighted by Gasteiger charge is -2.44. The highest BCUT2D eigenvalue weighted by Gasteiger charge is 2.51. The van der Waals surface area contributed by atoms with Gasteiger partial charge in [0.2, 0.25) is 0 Å². The van der Waals surface area contributed by atoms with Crippen molar-refractivity contribution in [1.29, 1.82) is 0 Å². The van der Waals surface area contributed by atoms with Gasteiger partial charge in [-0.25, -0.2) is 0 Å². The van der Waals surface area contributed by atoms with Crippen LogP contribution < -0.4 is 0 Å². The third-order valence-corrected chi connectivity index (χ3v) is 20.5. The van der Waals surface area contributed by atoms with Crippen molar-refractivity contribution in [1.82, 2.24) is 0 Å². The van der Waals surface area contributed by atoms with E-state index >= 15 is 0 Å². The maximum absolute atomic E-state index is 7.18. The number of hydrogen-bond donors (Lipinski definition) is 0. The third kappa shape index (κ3) is 14.5. The molecule has 0 rings (SSSR count). The van der Waals surface area contributed by atoms with Crippen LogP contribution in [0.2, 0.25) is 36.3 Å². The second-order valence-corrected chi connectivity index (χ2v) is 21.1. The Morgan fingerprint density at radius 1 is 0.417 bits per heavy atom. The van der Waals surface area contributed by atoms with E-state index in [0.29, 0.717) is 19.8 Å². The Labute approximate surface area is 227 Å². The number of unbranched alkanes of at least 4 members (excludes halogenated alkanes) is 3. The van der Waals surface area contributed by atoms with Gasteiger partial charge in [-0.05, 0) is 37.4 Å². The van der Waals surface area contributed by atoms with Crippen LogP contribution in [0.25, 0.3) is 0 Å². The van der Waals surface area contributed by atoms with Crippen LogP contribution in [0, 0.1) is 0 Å². The summed E-state index contributed by atoms with van der Waals surface area (Å²) in [5.41, 5.74) is 0. The Morgan fingerprint density at radius 3 is 0.972 bits per heavy atom. The van der Waals surface area contributed by atoms with Crippen LogP contribution >= 0.6 is 0 Å². The molecular weight excluding hydrogens is 509 g/mol. The first-order valence-electron chi connectivity index (χ1n) is 14.6. The zero-order chi connectivity index (χ0) is 27.2. The van der Waals surface area contributed by atoms with Crippen LogP contribution in [-0.2, 0) is 31.3 Å². The minimum atomic E-state index is -2.70. The smallest absolute Gasteiger partial charge is 0.331 e. The molecule has 0 aromatic carbocycles. The fourth-order valence-electron chi connectivity index (χ4n) is 4.03. The van der Waals surface area contributed by atoms with Crippen LogP contribution in [0.4, 0.5) is 0 Å². The molecule has 36 heavy (non-hydrogen) atoms. The summed E-state index contributed by atoms with van der Waals surface area (Å²) in [6.07, 6.45) is 6.64. The highest BCUT2D eigenvalue weighted by atomic mass is 28.5. The van der Waals surface area contributed by atoms with Gasteiger partial charge in [0.15, 0.2) is 0 Å². The second kappa shape index (κ2) is 22.2. The lowest BCUT2D eigenvalue weighted by atomic mass is 10.4. The highest BCUT2D eigenvalue weighted by molar-refractivity contribution is 6.87. The average molecular weight is 569 g/mol. The summed E-state index contributed by atoms with van der Waals surface area (Å²) in [5, 5.41) is 0. The van der Waals surface area contributed by atoms with Gasteiger partial charge >= 0.3 is 25.7 Å². The molecule has 0 aliphatic rings. The molecule has 2 atom stereocenters. The molecule has 218 valence electrons. The van der Waals surface area contributed by atoms with Crippen molar-refractivity contribution in [3.05, 3.63) is 0 Å². The van der Waals surface area contributed by atoms with E-state index in [1.54, 1.807) is 14.2 Å². The van der Waals surface area contributed by atoms with Crippen molar-refractivity contribution in [2.75, 3.05) is 53.9 Å². The molecule has 0 saturated heterocycles. The SMILES string of the molecule is CCCCOCC[Si](CC)(OC)O[Si](CC)(CCOCCCC)O[Si](CC)(CCOCCCC)OC. The zero-order valence-corrected chi connectivity index (χ0v) is 28.1. The molecule has 0 saturated carbocycles. The van der Waals surface area contributed by atoms with E-state index in [1.807, 2.05) is 0 Å². The summed E-state index contributed by atoms with van der Waals surface area (Å²) in [7, 11) is -4.13. The van der Waals surface area contributed by atoms with E-state index in [9.17, 15) is 0 Å². The van der Waals surface area contributed by atoms with Crippen LogP contribution in [0.1, 0.15) is 80.1 Å². The van der Waals surface area contributed by atoms with Crippen molar-refractivity contribution in [3.8, 4) is 0 Å². The molecule has 0 aromatic rings. The van der Waals surface area contributed by atoms with Crippen molar-refractivity contribution in [2.45, 2.75) is 116 Å². The molecular formula is C26H60O7Si3. The molecule has 0 spiro atoms. The first-order chi connectivity index (χ1) is 17.4. The lowest BCUT2D eigenvalue weighted by Crippen LogP contribution is -2.61. The average Bonchev–Trinajstić information content (AvgIpc) is 2.91. The Hall–Kier alpha value is 0.371. The summed E-state index contributed by atoms with van der Waals surface area (Å²) in [6.45, 7) is 17.5. The van der Waals surface area contributed by atoms with Crippen molar-refractivity contribution < 1.29 is 31.3 Å². The predicted molar refractivity (Wildman–Crippen MR) is 156 cm³/mol. The Kier molecular flexibility index (Phi) is 22.4. The number of ether oxygens (including phenoxy) is 3. The van der Waals surface area contributed by atoms with Gasteiger partial charge in [-0.1, -0.05) is 60.8 Å². The van der Waals surface area contributed by atoms with Gasteiger partial charge in [0, 0.05) is 72.0 Å². The Balaban J connectivity index is 5.72. The molecule has 7 nitrogen and oxygen atoms in total. The van der Waals surface area contributed by atoms with Gasteiger partial charge in [0.05, 0.1) is 0 Å². The van der Waals surface area contributed by atoms with E-state index in [4.69, 9.17) is 31.3 Å². The summed E-state index contributed by atoms with van der Waals surface area (Å²) in [5.74, 6) is 0. The maximum Gasteiger partial charge on any atom is 0.331 e. The molecule has 0 N–H and O–H groups in total. The molecule has 0 heterocycles. The highest BCUT2D eigenvalue weighted by Crippen LogP contribution is 2.34. The standard InChI is InChI=1S/C26H60O7Si3/c1-9-15-18-29-21-24-34(12-4,27-7)32-36(14-6,26-23-31-20-17-11-3)33-35(13-5,28-8)25-22-30-19-16-10-2/h9-26H2,1-8H3. The molecule has 0 aromatic heterocycles. The zero-order valence-electron chi connectivity index (χ0n) is 25.1. The predicted octanol–water partition coefficient (Wildman–Crippen LogP) is 7.15. The van der Waals surface area contributed by atoms with Crippen molar-refractivity contribution in [3.63, 3.8) is 0 Å². The Bertz CT molecular complexity index is 460. The van der Waals surface area contributed by atoms with Crippen molar-refractivity contribution >= 4 is 25.7 Å². The maximum atomic E-state index is 7.18. The molecule has 0 aliphatic carbocycles. The summed E-state index contributed by atoms with van der Waals surface area (Å²) in [4.78, 5) is 0. The summed E-state index contributed by atoms with van der Waals surface area (Å²) < 4.78 is 44.6. The summed E-state index contributed by atoms with van der Waals surface area (Å²) in [6, 6.07) is 4.98. The summed E-state index contributed by atoms with van der Waals surface area (Å²) >= 11 is 0. The van der Waals surface area contributed by atoms with Gasteiger partial charge < -0.3 is 31.3 Å². The van der Waals surface area contributed by atoms with Crippen molar-refractivity contribution in [2.24, 2.45) is 0 Å². The molecule has 0 bridgehead atoms. The number of rotatable bonds is 27. The first kappa shape index (κ1) is 36.4. The number of hydrogen-bond acceptors (Lipinski definition) is 7. The van der Waals surface area contributed by atoms with E-state index in [-0.39, 0.29) is 0 Å². The monoisotopic (exact) mass is 568 g/mol. The topological polar surface area (TPSA) is 64.6 Å². The quantitative estimate of drug-likeness (QED) is 0.0770. The van der Waals surface area contributed by atoms with Gasteiger partial charge in [-0.15, -0.1) is 0 Å². The van der Waals surface area contributed by atoms with Gasteiger partial charge in [-0.2, -0.15) is 0 Å². The minimum absolute atomic E-state index is 0.649. The Morgan fingerprint density at radius 2 is 0.722 bits per heavy atom. The van der Waals surface area contributed by atoms with E-state index in [1.165, 1.54) is 0 Å². The fourth-order valence-corrected chi connectivity index (χ4v) is 18.0. The van der Waals surface area contributed by atoms with E-state index in [2.05, 4.69) is 41.5 Å². The van der Waals surface area contributed by atoms with Crippen LogP contribution in [-0.4, -0.2) is 79.5 Å². The molecule has 0 aliphatic heterocycles.